The van der Waals surface area contributed by atoms with Crippen LogP contribution in [0.25, 0.3) is 0 Å². The third-order valence-electron chi connectivity index (χ3n) is 2.38. The number of aliphatic carboxylic acids is 1. The molecule has 0 saturated heterocycles. The molecule has 0 aliphatic rings. The van der Waals surface area contributed by atoms with E-state index in [2.05, 4.69) is 0 Å². The second-order valence-corrected chi connectivity index (χ2v) is 4.22. The van der Waals surface area contributed by atoms with E-state index >= 15 is 0 Å². The second kappa shape index (κ2) is 6.38. The van der Waals surface area contributed by atoms with Crippen molar-refractivity contribution in [2.24, 2.45) is 5.73 Å². The van der Waals surface area contributed by atoms with Gasteiger partial charge in [-0.15, -0.1) is 0 Å². The smallest absolute Gasteiger partial charge is 0.401 e. The number of alkyl halides is 3. The standard InChI is InChI=1S/C12H13F3N2O3/c13-12(14,15)7-17(6-10(18)19)5-8-2-1-3-9(4-8)11(16)20/h1-4H,5-7H2,(H2,16,20)(H,18,19). The van der Waals surface area contributed by atoms with E-state index in [-0.39, 0.29) is 12.1 Å². The summed E-state index contributed by atoms with van der Waals surface area (Å²) in [5.74, 6) is -2.06. The fraction of sp³-hybridized carbons (Fsp3) is 0.333. The molecule has 0 aliphatic heterocycles. The minimum absolute atomic E-state index is 0.157. The van der Waals surface area contributed by atoms with Gasteiger partial charge in [-0.05, 0) is 17.7 Å². The maximum atomic E-state index is 12.4. The summed E-state index contributed by atoms with van der Waals surface area (Å²) in [6, 6.07) is 5.74. The lowest BCUT2D eigenvalue weighted by Gasteiger charge is -2.21. The lowest BCUT2D eigenvalue weighted by molar-refractivity contribution is -0.154. The third-order valence-corrected chi connectivity index (χ3v) is 2.38. The number of hydrogen-bond acceptors (Lipinski definition) is 3. The highest BCUT2D eigenvalue weighted by Crippen LogP contribution is 2.18. The van der Waals surface area contributed by atoms with Crippen molar-refractivity contribution >= 4 is 11.9 Å². The molecular formula is C12H13F3N2O3. The number of nitrogens with two attached hydrogens (primary N) is 1. The molecule has 0 atom stereocenters. The molecule has 0 bridgehead atoms. The van der Waals surface area contributed by atoms with E-state index in [9.17, 15) is 22.8 Å². The highest BCUT2D eigenvalue weighted by atomic mass is 19.4. The van der Waals surface area contributed by atoms with Crippen LogP contribution in [-0.4, -0.2) is 41.1 Å². The Labute approximate surface area is 112 Å². The van der Waals surface area contributed by atoms with Gasteiger partial charge in [0.15, 0.2) is 0 Å². The van der Waals surface area contributed by atoms with Crippen LogP contribution in [0.15, 0.2) is 24.3 Å². The topological polar surface area (TPSA) is 83.6 Å². The summed E-state index contributed by atoms with van der Waals surface area (Å²) >= 11 is 0. The summed E-state index contributed by atoms with van der Waals surface area (Å²) in [6.07, 6.45) is -4.50. The van der Waals surface area contributed by atoms with Gasteiger partial charge >= 0.3 is 12.1 Å². The number of carboxylic acid groups (broad SMARTS) is 1. The summed E-state index contributed by atoms with van der Waals surface area (Å²) in [4.78, 5) is 22.3. The average Bonchev–Trinajstić information content (AvgIpc) is 2.25. The van der Waals surface area contributed by atoms with Crippen LogP contribution in [-0.2, 0) is 11.3 Å². The van der Waals surface area contributed by atoms with Crippen molar-refractivity contribution in [3.05, 3.63) is 35.4 Å². The Hall–Kier alpha value is -2.09. The molecule has 20 heavy (non-hydrogen) atoms. The molecule has 1 aromatic carbocycles. The van der Waals surface area contributed by atoms with E-state index in [1.807, 2.05) is 0 Å². The molecule has 0 heterocycles. The third kappa shape index (κ3) is 5.70. The fourth-order valence-electron chi connectivity index (χ4n) is 1.69. The van der Waals surface area contributed by atoms with Crippen LogP contribution < -0.4 is 5.73 Å². The average molecular weight is 290 g/mol. The molecule has 8 heteroatoms. The largest absolute Gasteiger partial charge is 0.480 e. The first-order valence-corrected chi connectivity index (χ1v) is 5.57. The van der Waals surface area contributed by atoms with Crippen molar-refractivity contribution in [1.29, 1.82) is 0 Å². The first kappa shape index (κ1) is 16.0. The van der Waals surface area contributed by atoms with E-state index in [4.69, 9.17) is 10.8 Å². The van der Waals surface area contributed by atoms with Gasteiger partial charge in [0, 0.05) is 12.1 Å². The van der Waals surface area contributed by atoms with Crippen LogP contribution in [0.4, 0.5) is 13.2 Å². The second-order valence-electron chi connectivity index (χ2n) is 4.22. The fourth-order valence-corrected chi connectivity index (χ4v) is 1.69. The highest BCUT2D eigenvalue weighted by Gasteiger charge is 2.31. The Kier molecular flexibility index (Phi) is 5.09. The number of amides is 1. The van der Waals surface area contributed by atoms with Gasteiger partial charge in [-0.3, -0.25) is 14.5 Å². The van der Waals surface area contributed by atoms with Crippen molar-refractivity contribution in [2.45, 2.75) is 12.7 Å². The van der Waals surface area contributed by atoms with E-state index in [1.54, 1.807) is 0 Å². The molecule has 0 radical (unpaired) electrons. The summed E-state index contributed by atoms with van der Waals surface area (Å²) in [7, 11) is 0. The van der Waals surface area contributed by atoms with Gasteiger partial charge < -0.3 is 10.8 Å². The molecule has 1 aromatic rings. The van der Waals surface area contributed by atoms with Gasteiger partial charge in [-0.2, -0.15) is 13.2 Å². The van der Waals surface area contributed by atoms with Gasteiger partial charge in [0.2, 0.25) is 5.91 Å². The number of carbonyl (C=O) groups is 2. The predicted molar refractivity (Wildman–Crippen MR) is 63.9 cm³/mol. The van der Waals surface area contributed by atoms with Gasteiger partial charge in [-0.1, -0.05) is 12.1 Å². The molecule has 0 unspecified atom stereocenters. The van der Waals surface area contributed by atoms with Crippen LogP contribution in [0.2, 0.25) is 0 Å². The molecule has 0 fully saturated rings. The van der Waals surface area contributed by atoms with E-state index in [0.29, 0.717) is 5.56 Å². The zero-order valence-electron chi connectivity index (χ0n) is 10.4. The minimum atomic E-state index is -4.50. The van der Waals surface area contributed by atoms with E-state index in [1.165, 1.54) is 24.3 Å². The molecule has 0 spiro atoms. The van der Waals surface area contributed by atoms with Crippen molar-refractivity contribution < 1.29 is 27.9 Å². The van der Waals surface area contributed by atoms with Crippen molar-refractivity contribution in [1.82, 2.24) is 4.90 Å². The number of halogens is 3. The van der Waals surface area contributed by atoms with Crippen LogP contribution in [0.1, 0.15) is 15.9 Å². The van der Waals surface area contributed by atoms with Crippen molar-refractivity contribution in [3.63, 3.8) is 0 Å². The quantitative estimate of drug-likeness (QED) is 0.825. The summed E-state index contributed by atoms with van der Waals surface area (Å²) in [6.45, 7) is -2.34. The molecule has 110 valence electrons. The first-order valence-electron chi connectivity index (χ1n) is 5.57. The molecule has 1 rings (SSSR count). The maximum absolute atomic E-state index is 12.4. The molecule has 3 N–H and O–H groups in total. The number of benzene rings is 1. The number of carbonyl (C=O) groups excluding carboxylic acids is 1. The summed E-state index contributed by atoms with van der Waals surface area (Å²) < 4.78 is 37.1. The zero-order chi connectivity index (χ0) is 15.3. The first-order chi connectivity index (χ1) is 9.17. The van der Waals surface area contributed by atoms with Gasteiger partial charge in [0.25, 0.3) is 0 Å². The molecule has 0 aromatic heterocycles. The number of rotatable bonds is 6. The Bertz CT molecular complexity index is 503. The van der Waals surface area contributed by atoms with Gasteiger partial charge in [0.1, 0.15) is 0 Å². The van der Waals surface area contributed by atoms with Crippen LogP contribution in [0.5, 0.6) is 0 Å². The molecule has 5 nitrogen and oxygen atoms in total. The van der Waals surface area contributed by atoms with Gasteiger partial charge in [0.05, 0.1) is 13.1 Å². The molecule has 1 amide bonds. The zero-order valence-corrected chi connectivity index (χ0v) is 10.4. The molecule has 0 saturated carbocycles. The number of primary amides is 1. The van der Waals surface area contributed by atoms with Gasteiger partial charge in [-0.25, -0.2) is 0 Å². The molecular weight excluding hydrogens is 277 g/mol. The Morgan fingerprint density at radius 2 is 1.95 bits per heavy atom. The van der Waals surface area contributed by atoms with Crippen LogP contribution in [0, 0.1) is 0 Å². The van der Waals surface area contributed by atoms with Crippen molar-refractivity contribution in [2.75, 3.05) is 13.1 Å². The Balaban J connectivity index is 2.85. The number of carboxylic acids is 1. The highest BCUT2D eigenvalue weighted by molar-refractivity contribution is 5.92. The molecule has 0 aliphatic carbocycles. The Morgan fingerprint density at radius 3 is 2.45 bits per heavy atom. The minimum Gasteiger partial charge on any atom is -0.480 e. The van der Waals surface area contributed by atoms with E-state index < -0.39 is 31.1 Å². The van der Waals surface area contributed by atoms with E-state index in [0.717, 1.165) is 4.90 Å². The van der Waals surface area contributed by atoms with Crippen molar-refractivity contribution in [3.8, 4) is 0 Å². The lowest BCUT2D eigenvalue weighted by atomic mass is 10.1. The number of nitrogens with zero attached hydrogens (tertiary/aromatic N) is 1. The summed E-state index contributed by atoms with van der Waals surface area (Å²) in [5.41, 5.74) is 5.61. The maximum Gasteiger partial charge on any atom is 0.401 e. The Morgan fingerprint density at radius 1 is 1.30 bits per heavy atom. The summed E-state index contributed by atoms with van der Waals surface area (Å²) in [5, 5.41) is 8.62. The predicted octanol–water partition coefficient (Wildman–Crippen LogP) is 1.23. The monoisotopic (exact) mass is 290 g/mol. The SMILES string of the molecule is NC(=O)c1cccc(CN(CC(=O)O)CC(F)(F)F)c1. The number of hydrogen-bond donors (Lipinski definition) is 2. The normalized spacial score (nSPS) is 11.6. The van der Waals surface area contributed by atoms with Crippen LogP contribution >= 0.6 is 0 Å². The lowest BCUT2D eigenvalue weighted by Crippen LogP contribution is -2.37. The van der Waals surface area contributed by atoms with Crippen LogP contribution in [0.3, 0.4) is 0 Å².